The highest BCUT2D eigenvalue weighted by Crippen LogP contribution is 2.13. The number of rotatable bonds is 1. The second kappa shape index (κ2) is 2.40. The maximum Gasteiger partial charge on any atom is 0.0583 e. The maximum absolute atomic E-state index is 9.20. The molecule has 0 amide bonds. The van der Waals surface area contributed by atoms with E-state index in [4.69, 9.17) is 0 Å². The molecule has 0 heterocycles. The molecule has 0 saturated heterocycles. The van der Waals surface area contributed by atoms with Gasteiger partial charge in [0, 0.05) is 5.70 Å². The van der Waals surface area contributed by atoms with Gasteiger partial charge in [-0.2, -0.15) is 0 Å². The summed E-state index contributed by atoms with van der Waals surface area (Å²) in [6, 6.07) is 0. The molecule has 54 valence electrons. The Morgan fingerprint density at radius 2 is 1.78 bits per heavy atom. The molecule has 0 spiro atoms. The van der Waals surface area contributed by atoms with E-state index in [2.05, 4.69) is 6.58 Å². The Morgan fingerprint density at radius 3 is 1.78 bits per heavy atom. The van der Waals surface area contributed by atoms with Crippen LogP contribution in [0.1, 0.15) is 27.7 Å². The average molecular weight is 129 g/mol. The first kappa shape index (κ1) is 8.50. The molecule has 0 aromatic heterocycles. The minimum absolute atomic E-state index is 0.230. The third-order valence-electron chi connectivity index (χ3n) is 0.997. The van der Waals surface area contributed by atoms with E-state index < -0.39 is 0 Å². The zero-order valence-corrected chi connectivity index (χ0v) is 6.60. The first-order valence-electron chi connectivity index (χ1n) is 3.00. The van der Waals surface area contributed by atoms with Gasteiger partial charge < -0.3 is 0 Å². The summed E-state index contributed by atoms with van der Waals surface area (Å²) in [5.41, 5.74) is 0.439. The number of hydrogen-bond acceptors (Lipinski definition) is 2. The van der Waals surface area contributed by atoms with Crippen LogP contribution in [0.25, 0.3) is 0 Å². The van der Waals surface area contributed by atoms with Gasteiger partial charge in [-0.3, -0.25) is 10.3 Å². The molecule has 0 saturated carbocycles. The molecule has 0 aliphatic rings. The fourth-order valence-electron chi connectivity index (χ4n) is 0.573. The van der Waals surface area contributed by atoms with Crippen LogP contribution in [0.5, 0.6) is 0 Å². The second-order valence-electron chi connectivity index (χ2n) is 3.22. The topological polar surface area (TPSA) is 23.5 Å². The third-order valence-corrected chi connectivity index (χ3v) is 0.997. The summed E-state index contributed by atoms with van der Waals surface area (Å²) in [6.07, 6.45) is 0. The molecule has 0 aliphatic carbocycles. The van der Waals surface area contributed by atoms with E-state index in [0.29, 0.717) is 5.70 Å². The summed E-state index contributed by atoms with van der Waals surface area (Å²) in [6.45, 7) is 11.1. The molecule has 0 unspecified atom stereocenters. The van der Waals surface area contributed by atoms with Crippen molar-refractivity contribution >= 4 is 0 Å². The number of nitrogens with zero attached hydrogens (tertiary/aromatic N) is 1. The summed E-state index contributed by atoms with van der Waals surface area (Å²) in [7, 11) is 0. The fraction of sp³-hybridized carbons (Fsp3) is 0.714. The quantitative estimate of drug-likeness (QED) is 0.547. The van der Waals surface area contributed by atoms with Gasteiger partial charge in [0.1, 0.15) is 0 Å². The Labute approximate surface area is 56.7 Å². The van der Waals surface area contributed by atoms with Crippen molar-refractivity contribution in [2.45, 2.75) is 33.2 Å². The monoisotopic (exact) mass is 129 g/mol. The second-order valence-corrected chi connectivity index (χ2v) is 3.22. The Hall–Kier alpha value is -0.500. The van der Waals surface area contributed by atoms with Crippen molar-refractivity contribution in [3.63, 3.8) is 0 Å². The molecular weight excluding hydrogens is 114 g/mol. The summed E-state index contributed by atoms with van der Waals surface area (Å²) >= 11 is 0. The molecular formula is C7H15NO. The van der Waals surface area contributed by atoms with Crippen molar-refractivity contribution in [2.24, 2.45) is 0 Å². The zero-order chi connectivity index (χ0) is 7.65. The molecule has 1 N–H and O–H groups in total. The molecule has 9 heavy (non-hydrogen) atoms. The van der Waals surface area contributed by atoms with Crippen LogP contribution in [0.2, 0.25) is 0 Å². The SMILES string of the molecule is C=C(C)N(O)C(C)(C)C. The number of allylic oxidation sites excluding steroid dienone is 1. The van der Waals surface area contributed by atoms with Crippen LogP contribution in [-0.2, 0) is 0 Å². The van der Waals surface area contributed by atoms with Gasteiger partial charge in [-0.1, -0.05) is 6.58 Å². The van der Waals surface area contributed by atoms with Crippen molar-refractivity contribution in [3.05, 3.63) is 12.3 Å². The van der Waals surface area contributed by atoms with E-state index >= 15 is 0 Å². The lowest BCUT2D eigenvalue weighted by atomic mass is 10.1. The van der Waals surface area contributed by atoms with E-state index in [9.17, 15) is 5.21 Å². The first-order valence-corrected chi connectivity index (χ1v) is 3.00. The standard InChI is InChI=1S/C7H15NO/c1-6(2)8(9)7(3,4)5/h9H,1H2,2-5H3. The van der Waals surface area contributed by atoms with Gasteiger partial charge in [0.25, 0.3) is 0 Å². The van der Waals surface area contributed by atoms with Gasteiger partial charge in [0.05, 0.1) is 5.54 Å². The van der Waals surface area contributed by atoms with E-state index in [0.717, 1.165) is 5.06 Å². The van der Waals surface area contributed by atoms with Gasteiger partial charge in [0.2, 0.25) is 0 Å². The largest absolute Gasteiger partial charge is 0.288 e. The lowest BCUT2D eigenvalue weighted by Gasteiger charge is -2.31. The molecule has 2 heteroatoms. The Kier molecular flexibility index (Phi) is 2.26. The van der Waals surface area contributed by atoms with Crippen LogP contribution < -0.4 is 0 Å². The summed E-state index contributed by atoms with van der Waals surface area (Å²) in [4.78, 5) is 0. The van der Waals surface area contributed by atoms with Gasteiger partial charge >= 0.3 is 0 Å². The van der Waals surface area contributed by atoms with Crippen molar-refractivity contribution in [1.29, 1.82) is 0 Å². The molecule has 0 radical (unpaired) electrons. The predicted octanol–water partition coefficient (Wildman–Crippen LogP) is 2.01. The summed E-state index contributed by atoms with van der Waals surface area (Å²) in [5.74, 6) is 0. The molecule has 2 nitrogen and oxygen atoms in total. The van der Waals surface area contributed by atoms with Crippen molar-refractivity contribution in [3.8, 4) is 0 Å². The van der Waals surface area contributed by atoms with Crippen molar-refractivity contribution in [2.75, 3.05) is 0 Å². The zero-order valence-electron chi connectivity index (χ0n) is 6.60. The summed E-state index contributed by atoms with van der Waals surface area (Å²) in [5, 5.41) is 10.4. The highest BCUT2D eigenvalue weighted by molar-refractivity contribution is 4.89. The highest BCUT2D eigenvalue weighted by Gasteiger charge is 2.17. The highest BCUT2D eigenvalue weighted by atomic mass is 16.5. The third kappa shape index (κ3) is 2.51. The predicted molar refractivity (Wildman–Crippen MR) is 38.2 cm³/mol. The normalized spacial score (nSPS) is 11.2. The van der Waals surface area contributed by atoms with Crippen molar-refractivity contribution < 1.29 is 5.21 Å². The molecule has 0 aromatic carbocycles. The average Bonchev–Trinajstić information content (AvgIpc) is 1.62. The van der Waals surface area contributed by atoms with Crippen molar-refractivity contribution in [1.82, 2.24) is 5.06 Å². The molecule has 0 bridgehead atoms. The summed E-state index contributed by atoms with van der Waals surface area (Å²) < 4.78 is 0. The van der Waals surface area contributed by atoms with Crippen LogP contribution in [0, 0.1) is 0 Å². The lowest BCUT2D eigenvalue weighted by molar-refractivity contribution is -0.122. The van der Waals surface area contributed by atoms with Crippen LogP contribution in [0.3, 0.4) is 0 Å². The van der Waals surface area contributed by atoms with Gasteiger partial charge in [-0.25, -0.2) is 0 Å². The first-order chi connectivity index (χ1) is 3.85. The molecule has 0 fully saturated rings. The molecule has 0 atom stereocenters. The Morgan fingerprint density at radius 1 is 1.44 bits per heavy atom. The van der Waals surface area contributed by atoms with E-state index in [1.165, 1.54) is 0 Å². The Bertz CT molecular complexity index is 113. The maximum atomic E-state index is 9.20. The minimum atomic E-state index is -0.230. The van der Waals surface area contributed by atoms with E-state index in [1.807, 2.05) is 20.8 Å². The van der Waals surface area contributed by atoms with Crippen LogP contribution in [0.4, 0.5) is 0 Å². The van der Waals surface area contributed by atoms with E-state index in [1.54, 1.807) is 6.92 Å². The number of hydrogen-bond donors (Lipinski definition) is 1. The molecule has 0 aliphatic heterocycles. The van der Waals surface area contributed by atoms with Crippen LogP contribution >= 0.6 is 0 Å². The lowest BCUT2D eigenvalue weighted by Crippen LogP contribution is -2.36. The molecule has 0 rings (SSSR count). The van der Waals surface area contributed by atoms with E-state index in [-0.39, 0.29) is 5.54 Å². The smallest absolute Gasteiger partial charge is 0.0583 e. The minimum Gasteiger partial charge on any atom is -0.288 e. The number of hydroxylamine groups is 2. The Balaban J connectivity index is 4.04. The van der Waals surface area contributed by atoms with Gasteiger partial charge in [-0.15, -0.1) is 0 Å². The fourth-order valence-corrected chi connectivity index (χ4v) is 0.573. The molecule has 0 aromatic rings. The van der Waals surface area contributed by atoms with Gasteiger partial charge in [0.15, 0.2) is 0 Å². The van der Waals surface area contributed by atoms with Gasteiger partial charge in [-0.05, 0) is 27.7 Å². The van der Waals surface area contributed by atoms with Crippen LogP contribution in [-0.4, -0.2) is 15.8 Å². The van der Waals surface area contributed by atoms with Crippen LogP contribution in [0.15, 0.2) is 12.3 Å².